The lowest BCUT2D eigenvalue weighted by Crippen LogP contribution is -1.99. The molecule has 0 saturated carbocycles. The van der Waals surface area contributed by atoms with Crippen molar-refractivity contribution in [2.24, 2.45) is 0 Å². The fraction of sp³-hybridized carbons (Fsp3) is 0.400. The van der Waals surface area contributed by atoms with Gasteiger partial charge in [-0.15, -0.1) is 0 Å². The van der Waals surface area contributed by atoms with Gasteiger partial charge in [-0.1, -0.05) is 34.8 Å². The van der Waals surface area contributed by atoms with Gasteiger partial charge in [-0.05, 0) is 6.08 Å². The number of methoxy groups -OCH3 is 1. The van der Waals surface area contributed by atoms with Crippen LogP contribution in [0, 0.1) is 0 Å². The first-order valence-corrected chi connectivity index (χ1v) is 3.43. The Labute approximate surface area is 73.7 Å². The van der Waals surface area contributed by atoms with Crippen molar-refractivity contribution in [3.8, 4) is 0 Å². The Balaban J connectivity index is 3.88. The average molecular weight is 203 g/mol. The molecule has 0 N–H and O–H groups in total. The van der Waals surface area contributed by atoms with Crippen molar-refractivity contribution in [3.05, 3.63) is 12.2 Å². The molecule has 0 aliphatic rings. The molecule has 0 rings (SSSR count). The molecule has 0 radical (unpaired) electrons. The molecule has 58 valence electrons. The second-order valence-electron chi connectivity index (χ2n) is 1.40. The van der Waals surface area contributed by atoms with Gasteiger partial charge < -0.3 is 4.74 Å². The third-order valence-electron chi connectivity index (χ3n) is 0.610. The minimum absolute atomic E-state index is 0.550. The second-order valence-corrected chi connectivity index (χ2v) is 3.77. The average Bonchev–Trinajstić information content (AvgIpc) is 1.81. The number of alkyl halides is 3. The summed E-state index contributed by atoms with van der Waals surface area (Å²) < 4.78 is 2.71. The number of hydrogen-bond donors (Lipinski definition) is 0. The smallest absolute Gasteiger partial charge is 0.330 e. The molecule has 2 nitrogen and oxygen atoms in total. The first-order chi connectivity index (χ1) is 4.45. The second kappa shape index (κ2) is 4.06. The first-order valence-electron chi connectivity index (χ1n) is 2.29. The van der Waals surface area contributed by atoms with Crippen LogP contribution >= 0.6 is 34.8 Å². The Morgan fingerprint density at radius 3 is 2.30 bits per heavy atom. The topological polar surface area (TPSA) is 26.3 Å². The summed E-state index contributed by atoms with van der Waals surface area (Å²) in [4.78, 5) is 10.4. The lowest BCUT2D eigenvalue weighted by atomic mass is 10.5. The molecule has 10 heavy (non-hydrogen) atoms. The van der Waals surface area contributed by atoms with E-state index in [1.165, 1.54) is 7.11 Å². The lowest BCUT2D eigenvalue weighted by Gasteiger charge is -2.00. The monoisotopic (exact) mass is 202 g/mol. The number of rotatable bonds is 1. The molecule has 0 heterocycles. The molecule has 0 aromatic heterocycles. The molecule has 0 aliphatic heterocycles. The summed E-state index contributed by atoms with van der Waals surface area (Å²) in [5, 5.41) is 0. The zero-order valence-corrected chi connectivity index (χ0v) is 7.37. The third kappa shape index (κ3) is 6.20. The molecule has 5 heteroatoms. The highest BCUT2D eigenvalue weighted by molar-refractivity contribution is 6.69. The summed E-state index contributed by atoms with van der Waals surface area (Å²) in [6, 6.07) is 0. The molecule has 0 spiro atoms. The zero-order chi connectivity index (χ0) is 8.20. The fourth-order valence-corrected chi connectivity index (χ4v) is 0.420. The van der Waals surface area contributed by atoms with Gasteiger partial charge in [0.05, 0.1) is 7.11 Å². The lowest BCUT2D eigenvalue weighted by molar-refractivity contribution is -0.134. The van der Waals surface area contributed by atoms with E-state index in [1.807, 2.05) is 0 Å². The predicted octanol–water partition coefficient (Wildman–Crippen LogP) is 2.09. The van der Waals surface area contributed by atoms with E-state index in [4.69, 9.17) is 34.8 Å². The summed E-state index contributed by atoms with van der Waals surface area (Å²) in [5.41, 5.74) is 0. The number of hydrogen-bond acceptors (Lipinski definition) is 2. The van der Waals surface area contributed by atoms with Gasteiger partial charge in [0.1, 0.15) is 0 Å². The van der Waals surface area contributed by atoms with Crippen LogP contribution in [0.15, 0.2) is 12.2 Å². The molecule has 0 fully saturated rings. The first kappa shape index (κ1) is 10.1. The number of ether oxygens (including phenoxy) is 1. The summed E-state index contributed by atoms with van der Waals surface area (Å²) in [6.07, 6.45) is 2.16. The molecule has 0 bridgehead atoms. The van der Waals surface area contributed by atoms with Gasteiger partial charge in [0.25, 0.3) is 0 Å². The van der Waals surface area contributed by atoms with Crippen LogP contribution in [0.3, 0.4) is 0 Å². The Morgan fingerprint density at radius 2 is 2.00 bits per heavy atom. The van der Waals surface area contributed by atoms with Gasteiger partial charge in [-0.3, -0.25) is 0 Å². The van der Waals surface area contributed by atoms with Crippen molar-refractivity contribution in [2.45, 2.75) is 3.79 Å². The number of esters is 1. The van der Waals surface area contributed by atoms with Crippen LogP contribution in [-0.4, -0.2) is 16.9 Å². The van der Waals surface area contributed by atoms with Crippen molar-refractivity contribution in [3.63, 3.8) is 0 Å². The van der Waals surface area contributed by atoms with Crippen LogP contribution in [0.1, 0.15) is 0 Å². The highest BCUT2D eigenvalue weighted by Crippen LogP contribution is 2.27. The molecule has 0 aliphatic carbocycles. The van der Waals surface area contributed by atoms with Gasteiger partial charge in [0, 0.05) is 6.08 Å². The maximum atomic E-state index is 10.4. The van der Waals surface area contributed by atoms with Crippen molar-refractivity contribution in [2.75, 3.05) is 7.11 Å². The van der Waals surface area contributed by atoms with Gasteiger partial charge in [0.15, 0.2) is 0 Å². The normalized spacial score (nSPS) is 12.0. The van der Waals surface area contributed by atoms with E-state index in [0.29, 0.717) is 0 Å². The molecule has 0 saturated heterocycles. The molecule has 0 amide bonds. The number of carbonyl (C=O) groups excluding carboxylic acids is 1. The van der Waals surface area contributed by atoms with Gasteiger partial charge in [0.2, 0.25) is 3.79 Å². The quantitative estimate of drug-likeness (QED) is 0.371. The van der Waals surface area contributed by atoms with Crippen LogP contribution in [0.2, 0.25) is 0 Å². The van der Waals surface area contributed by atoms with E-state index in [9.17, 15) is 4.79 Å². The number of halogens is 3. The maximum absolute atomic E-state index is 10.4. The van der Waals surface area contributed by atoms with Crippen molar-refractivity contribution < 1.29 is 9.53 Å². The SMILES string of the molecule is COC(=O)/C=C/C(Cl)(Cl)Cl. The summed E-state index contributed by atoms with van der Waals surface area (Å²) in [7, 11) is 1.24. The van der Waals surface area contributed by atoms with E-state index in [2.05, 4.69) is 4.74 Å². The van der Waals surface area contributed by atoms with E-state index in [-0.39, 0.29) is 0 Å². The fourth-order valence-electron chi connectivity index (χ4n) is 0.231. The highest BCUT2D eigenvalue weighted by atomic mass is 35.6. The summed E-state index contributed by atoms with van der Waals surface area (Å²) in [5.74, 6) is -0.550. The number of carbonyl (C=O) groups is 1. The molecule has 0 aromatic rings. The van der Waals surface area contributed by atoms with Crippen LogP contribution in [0.5, 0.6) is 0 Å². The van der Waals surface area contributed by atoms with Crippen LogP contribution in [-0.2, 0) is 9.53 Å². The van der Waals surface area contributed by atoms with Crippen LogP contribution in [0.25, 0.3) is 0 Å². The van der Waals surface area contributed by atoms with Gasteiger partial charge in [-0.25, -0.2) is 4.79 Å². The van der Waals surface area contributed by atoms with Gasteiger partial charge in [-0.2, -0.15) is 0 Å². The van der Waals surface area contributed by atoms with E-state index < -0.39 is 9.76 Å². The largest absolute Gasteiger partial charge is 0.466 e. The molecule has 0 unspecified atom stereocenters. The predicted molar refractivity (Wildman–Crippen MR) is 41.4 cm³/mol. The van der Waals surface area contributed by atoms with Crippen LogP contribution in [0.4, 0.5) is 0 Å². The Bertz CT molecular complexity index is 147. The van der Waals surface area contributed by atoms with Crippen molar-refractivity contribution in [1.82, 2.24) is 0 Å². The van der Waals surface area contributed by atoms with Crippen molar-refractivity contribution >= 4 is 40.8 Å². The summed E-state index contributed by atoms with van der Waals surface area (Å²) in [6.45, 7) is 0. The van der Waals surface area contributed by atoms with E-state index >= 15 is 0 Å². The van der Waals surface area contributed by atoms with Gasteiger partial charge >= 0.3 is 5.97 Å². The molecular formula is C5H5Cl3O2. The molecule has 0 atom stereocenters. The van der Waals surface area contributed by atoms with Crippen molar-refractivity contribution in [1.29, 1.82) is 0 Å². The minimum Gasteiger partial charge on any atom is -0.466 e. The highest BCUT2D eigenvalue weighted by Gasteiger charge is 2.14. The zero-order valence-electron chi connectivity index (χ0n) is 5.11. The molecular weight excluding hydrogens is 198 g/mol. The number of allylic oxidation sites excluding steroid dienone is 1. The third-order valence-corrected chi connectivity index (χ3v) is 0.988. The molecule has 0 aromatic carbocycles. The van der Waals surface area contributed by atoms with Crippen LogP contribution < -0.4 is 0 Å². The standard InChI is InChI=1S/C5H5Cl3O2/c1-10-4(9)2-3-5(6,7)8/h2-3H,1H3/b3-2+. The maximum Gasteiger partial charge on any atom is 0.330 e. The van der Waals surface area contributed by atoms with E-state index in [0.717, 1.165) is 12.2 Å². The Hall–Kier alpha value is 0.0800. The Morgan fingerprint density at radius 1 is 1.50 bits per heavy atom. The minimum atomic E-state index is -1.53. The summed E-state index contributed by atoms with van der Waals surface area (Å²) >= 11 is 15.8. The van der Waals surface area contributed by atoms with E-state index in [1.54, 1.807) is 0 Å². The Kier molecular flexibility index (Phi) is 4.09.